The van der Waals surface area contributed by atoms with E-state index >= 15 is 0 Å². The van der Waals surface area contributed by atoms with Crippen molar-refractivity contribution in [3.05, 3.63) is 108 Å². The SMILES string of the molecule is NC(=CC(=NCc1ccccc1F)c1ccon1)c1ncc(NC(=O)C(F)(F)c2ccccc2)c(N)n1. The van der Waals surface area contributed by atoms with E-state index in [1.807, 2.05) is 5.32 Å². The summed E-state index contributed by atoms with van der Waals surface area (Å²) < 4.78 is 47.9. The molecule has 0 saturated carbocycles. The third-order valence-electron chi connectivity index (χ3n) is 5.12. The molecule has 9 nitrogen and oxygen atoms in total. The van der Waals surface area contributed by atoms with Crippen LogP contribution >= 0.6 is 0 Å². The van der Waals surface area contributed by atoms with Gasteiger partial charge in [-0.25, -0.2) is 14.4 Å². The molecule has 5 N–H and O–H groups in total. The number of rotatable bonds is 8. The Morgan fingerprint density at radius 1 is 1.11 bits per heavy atom. The van der Waals surface area contributed by atoms with Crippen LogP contribution in [0.3, 0.4) is 0 Å². The number of amides is 1. The summed E-state index contributed by atoms with van der Waals surface area (Å²) in [5.74, 6) is -6.18. The first kappa shape index (κ1) is 25.1. The molecule has 2 heterocycles. The monoisotopic (exact) mass is 507 g/mol. The number of nitrogens with two attached hydrogens (primary N) is 2. The average Bonchev–Trinajstić information content (AvgIpc) is 3.44. The molecule has 0 radical (unpaired) electrons. The predicted molar refractivity (Wildman–Crippen MR) is 131 cm³/mol. The first-order valence-corrected chi connectivity index (χ1v) is 10.8. The molecule has 2 aromatic carbocycles. The number of halogens is 3. The molecule has 4 rings (SSSR count). The lowest BCUT2D eigenvalue weighted by molar-refractivity contribution is -0.140. The summed E-state index contributed by atoms with van der Waals surface area (Å²) in [5.41, 5.74) is 12.2. The minimum absolute atomic E-state index is 0.00512. The van der Waals surface area contributed by atoms with E-state index in [0.717, 1.165) is 18.3 Å². The van der Waals surface area contributed by atoms with Crippen molar-refractivity contribution in [1.82, 2.24) is 15.1 Å². The Hall–Kier alpha value is -5.00. The molecular weight excluding hydrogens is 487 g/mol. The Labute approximate surface area is 208 Å². The first-order chi connectivity index (χ1) is 17.8. The van der Waals surface area contributed by atoms with Crippen LogP contribution in [0.25, 0.3) is 5.70 Å². The van der Waals surface area contributed by atoms with E-state index in [1.54, 1.807) is 24.3 Å². The average molecular weight is 507 g/mol. The number of carbonyl (C=O) groups excluding carboxylic acids is 1. The highest BCUT2D eigenvalue weighted by molar-refractivity contribution is 6.10. The van der Waals surface area contributed by atoms with Crippen molar-refractivity contribution in [1.29, 1.82) is 0 Å². The molecule has 0 bridgehead atoms. The Kier molecular flexibility index (Phi) is 7.28. The van der Waals surface area contributed by atoms with E-state index in [0.29, 0.717) is 11.3 Å². The van der Waals surface area contributed by atoms with Crippen LogP contribution in [0.1, 0.15) is 22.6 Å². The number of hydrogen-bond donors (Lipinski definition) is 3. The van der Waals surface area contributed by atoms with Crippen molar-refractivity contribution in [3.8, 4) is 0 Å². The topological polar surface area (TPSA) is 145 Å². The second kappa shape index (κ2) is 10.7. The van der Waals surface area contributed by atoms with Gasteiger partial charge >= 0.3 is 5.92 Å². The van der Waals surface area contributed by atoms with Gasteiger partial charge in [-0.05, 0) is 12.1 Å². The molecule has 37 heavy (non-hydrogen) atoms. The highest BCUT2D eigenvalue weighted by atomic mass is 19.3. The van der Waals surface area contributed by atoms with Crippen LogP contribution in [0.5, 0.6) is 0 Å². The maximum absolute atomic E-state index is 14.5. The van der Waals surface area contributed by atoms with Crippen LogP contribution in [0.2, 0.25) is 0 Å². The van der Waals surface area contributed by atoms with E-state index in [-0.39, 0.29) is 35.3 Å². The van der Waals surface area contributed by atoms with E-state index < -0.39 is 23.2 Å². The normalized spacial score (nSPS) is 12.4. The van der Waals surface area contributed by atoms with Gasteiger partial charge in [-0.3, -0.25) is 9.79 Å². The molecule has 188 valence electrons. The number of carbonyl (C=O) groups is 1. The van der Waals surface area contributed by atoms with Gasteiger partial charge in [0.1, 0.15) is 23.5 Å². The van der Waals surface area contributed by atoms with Crippen LogP contribution < -0.4 is 16.8 Å². The second-order valence-corrected chi connectivity index (χ2v) is 7.66. The standard InChI is InChI=1S/C25H20F3N7O2/c26-17-9-5-4-6-15(17)13-31-20(19-10-11-37-35-19)12-18(29)23-32-14-21(22(30)34-23)33-24(36)25(27,28)16-7-2-1-3-8-16/h1-12,14H,13,29H2,(H,33,36)(H2,30,32,34). The van der Waals surface area contributed by atoms with E-state index in [4.69, 9.17) is 16.0 Å². The lowest BCUT2D eigenvalue weighted by atomic mass is 10.1. The van der Waals surface area contributed by atoms with Crippen LogP contribution in [0.15, 0.2) is 88.7 Å². The molecule has 0 atom stereocenters. The third-order valence-corrected chi connectivity index (χ3v) is 5.12. The van der Waals surface area contributed by atoms with Gasteiger partial charge < -0.3 is 21.3 Å². The number of nitrogens with zero attached hydrogens (tertiary/aromatic N) is 4. The van der Waals surface area contributed by atoms with Crippen LogP contribution in [0, 0.1) is 5.82 Å². The van der Waals surface area contributed by atoms with E-state index in [1.165, 1.54) is 36.6 Å². The molecule has 12 heteroatoms. The summed E-state index contributed by atoms with van der Waals surface area (Å²) in [7, 11) is 0. The number of hydrogen-bond acceptors (Lipinski definition) is 8. The highest BCUT2D eigenvalue weighted by Gasteiger charge is 2.41. The molecule has 0 unspecified atom stereocenters. The molecule has 0 aliphatic carbocycles. The summed E-state index contributed by atoms with van der Waals surface area (Å²) in [4.78, 5) is 24.6. The van der Waals surface area contributed by atoms with Crippen molar-refractivity contribution in [2.75, 3.05) is 11.1 Å². The quantitative estimate of drug-likeness (QED) is 0.307. The van der Waals surface area contributed by atoms with Crippen molar-refractivity contribution >= 4 is 28.8 Å². The smallest absolute Gasteiger partial charge is 0.350 e. The van der Waals surface area contributed by atoms with Gasteiger partial charge in [-0.2, -0.15) is 8.78 Å². The van der Waals surface area contributed by atoms with E-state index in [2.05, 4.69) is 20.1 Å². The van der Waals surface area contributed by atoms with Crippen molar-refractivity contribution in [3.63, 3.8) is 0 Å². The number of alkyl halides is 2. The number of aromatic nitrogens is 3. The number of allylic oxidation sites excluding steroid dienone is 1. The van der Waals surface area contributed by atoms with Crippen molar-refractivity contribution in [2.24, 2.45) is 10.7 Å². The lowest BCUT2D eigenvalue weighted by Crippen LogP contribution is -2.32. The molecule has 0 aliphatic heterocycles. The molecule has 2 aromatic heterocycles. The van der Waals surface area contributed by atoms with Gasteiger partial charge in [0.15, 0.2) is 11.6 Å². The number of benzene rings is 2. The Morgan fingerprint density at radius 3 is 2.51 bits per heavy atom. The summed E-state index contributed by atoms with van der Waals surface area (Å²) in [5, 5.41) is 5.87. The zero-order valence-electron chi connectivity index (χ0n) is 19.1. The Bertz CT molecular complexity index is 1460. The number of nitrogens with one attached hydrogen (secondary N) is 1. The zero-order valence-corrected chi connectivity index (χ0v) is 19.1. The molecule has 0 spiro atoms. The van der Waals surface area contributed by atoms with Gasteiger partial charge in [-0.15, -0.1) is 0 Å². The summed E-state index contributed by atoms with van der Waals surface area (Å²) in [6.45, 7) is -0.0117. The van der Waals surface area contributed by atoms with Crippen molar-refractivity contribution in [2.45, 2.75) is 12.5 Å². The summed E-state index contributed by atoms with van der Waals surface area (Å²) in [6.07, 6.45) is 3.77. The summed E-state index contributed by atoms with van der Waals surface area (Å²) in [6, 6.07) is 14.3. The van der Waals surface area contributed by atoms with Crippen molar-refractivity contribution < 1.29 is 22.5 Å². The predicted octanol–water partition coefficient (Wildman–Crippen LogP) is 3.91. The minimum atomic E-state index is -3.81. The van der Waals surface area contributed by atoms with Gasteiger partial charge in [0, 0.05) is 17.2 Å². The Balaban J connectivity index is 1.56. The number of nitrogen functional groups attached to an aromatic ring is 1. The second-order valence-electron chi connectivity index (χ2n) is 7.66. The Morgan fingerprint density at radius 2 is 1.84 bits per heavy atom. The molecular formula is C25H20F3N7O2. The fraction of sp³-hybridized carbons (Fsp3) is 0.0800. The van der Waals surface area contributed by atoms with E-state index in [9.17, 15) is 18.0 Å². The van der Waals surface area contributed by atoms with Crippen LogP contribution in [-0.2, 0) is 17.3 Å². The minimum Gasteiger partial charge on any atom is -0.396 e. The largest absolute Gasteiger partial charge is 0.396 e. The fourth-order valence-electron chi connectivity index (χ4n) is 3.16. The van der Waals surface area contributed by atoms with Crippen LogP contribution in [0.4, 0.5) is 24.7 Å². The first-order valence-electron chi connectivity index (χ1n) is 10.8. The maximum Gasteiger partial charge on any atom is 0.350 e. The third kappa shape index (κ3) is 5.81. The zero-order chi connectivity index (χ0) is 26.4. The number of aliphatic imine (C=N–C) groups is 1. The molecule has 0 aliphatic rings. The fourth-order valence-corrected chi connectivity index (χ4v) is 3.16. The molecule has 1 amide bonds. The van der Waals surface area contributed by atoms with Gasteiger partial charge in [-0.1, -0.05) is 53.7 Å². The molecule has 0 saturated heterocycles. The van der Waals surface area contributed by atoms with Gasteiger partial charge in [0.05, 0.1) is 24.2 Å². The summed E-state index contributed by atoms with van der Waals surface area (Å²) >= 11 is 0. The van der Waals surface area contributed by atoms with Gasteiger partial charge in [0.25, 0.3) is 5.91 Å². The molecule has 4 aromatic rings. The van der Waals surface area contributed by atoms with Gasteiger partial charge in [0.2, 0.25) is 0 Å². The molecule has 0 fully saturated rings. The number of anilines is 2. The van der Waals surface area contributed by atoms with Crippen LogP contribution in [-0.4, -0.2) is 26.7 Å². The lowest BCUT2D eigenvalue weighted by Gasteiger charge is -2.17. The highest BCUT2D eigenvalue weighted by Crippen LogP contribution is 2.30. The maximum atomic E-state index is 14.5.